The standard InChI is InChI=1S/C13H16N6O/c20-13(16-11-5-6-14-8-11)7-10-1-3-12(4-2-10)19-9-15-17-18-19/h1-4,9,11,14H,5-8H2,(H,16,20). The van der Waals surface area contributed by atoms with Crippen molar-refractivity contribution in [2.24, 2.45) is 0 Å². The largest absolute Gasteiger partial charge is 0.352 e. The van der Waals surface area contributed by atoms with Gasteiger partial charge < -0.3 is 10.6 Å². The van der Waals surface area contributed by atoms with Crippen LogP contribution in [0.25, 0.3) is 5.69 Å². The van der Waals surface area contributed by atoms with Gasteiger partial charge >= 0.3 is 0 Å². The van der Waals surface area contributed by atoms with Crippen molar-refractivity contribution in [3.8, 4) is 5.69 Å². The van der Waals surface area contributed by atoms with Crippen LogP contribution in [0.2, 0.25) is 0 Å². The first-order chi connectivity index (χ1) is 9.81. The van der Waals surface area contributed by atoms with Gasteiger partial charge in [-0.25, -0.2) is 4.68 Å². The molecule has 0 saturated carbocycles. The lowest BCUT2D eigenvalue weighted by Crippen LogP contribution is -2.37. The van der Waals surface area contributed by atoms with Gasteiger partial charge in [-0.15, -0.1) is 5.10 Å². The predicted octanol–water partition coefficient (Wildman–Crippen LogP) is -0.317. The van der Waals surface area contributed by atoms with E-state index in [1.54, 1.807) is 4.68 Å². The van der Waals surface area contributed by atoms with Crippen LogP contribution in [0.3, 0.4) is 0 Å². The number of carbonyl (C=O) groups is 1. The highest BCUT2D eigenvalue weighted by Crippen LogP contribution is 2.08. The average molecular weight is 272 g/mol. The van der Waals surface area contributed by atoms with Crippen LogP contribution >= 0.6 is 0 Å². The number of nitrogens with one attached hydrogen (secondary N) is 2. The predicted molar refractivity (Wildman–Crippen MR) is 72.3 cm³/mol. The van der Waals surface area contributed by atoms with Gasteiger partial charge in [0, 0.05) is 12.6 Å². The molecular formula is C13H16N6O. The van der Waals surface area contributed by atoms with Crippen molar-refractivity contribution in [3.05, 3.63) is 36.2 Å². The summed E-state index contributed by atoms with van der Waals surface area (Å²) in [7, 11) is 0. The minimum Gasteiger partial charge on any atom is -0.352 e. The van der Waals surface area contributed by atoms with E-state index in [1.165, 1.54) is 6.33 Å². The lowest BCUT2D eigenvalue weighted by atomic mass is 10.1. The number of rotatable bonds is 4. The molecule has 1 amide bonds. The molecule has 0 radical (unpaired) electrons. The summed E-state index contributed by atoms with van der Waals surface area (Å²) in [4.78, 5) is 11.9. The molecule has 1 aromatic carbocycles. The molecule has 1 unspecified atom stereocenters. The third-order valence-corrected chi connectivity index (χ3v) is 3.34. The fourth-order valence-electron chi connectivity index (χ4n) is 2.29. The Labute approximate surface area is 116 Å². The molecule has 104 valence electrons. The van der Waals surface area contributed by atoms with E-state index in [2.05, 4.69) is 26.2 Å². The summed E-state index contributed by atoms with van der Waals surface area (Å²) in [6.07, 6.45) is 2.94. The van der Waals surface area contributed by atoms with E-state index in [-0.39, 0.29) is 11.9 Å². The summed E-state index contributed by atoms with van der Waals surface area (Å²) in [5, 5.41) is 17.3. The number of hydrogen-bond donors (Lipinski definition) is 2. The van der Waals surface area contributed by atoms with Crippen molar-refractivity contribution in [1.29, 1.82) is 0 Å². The van der Waals surface area contributed by atoms with E-state index in [0.29, 0.717) is 6.42 Å². The Kier molecular flexibility index (Phi) is 3.69. The molecule has 1 aromatic heterocycles. The zero-order valence-electron chi connectivity index (χ0n) is 11.0. The molecule has 1 aliphatic heterocycles. The first-order valence-corrected chi connectivity index (χ1v) is 6.63. The van der Waals surface area contributed by atoms with Crippen molar-refractivity contribution in [1.82, 2.24) is 30.8 Å². The Hall–Kier alpha value is -2.28. The molecule has 1 fully saturated rings. The molecule has 7 nitrogen and oxygen atoms in total. The minimum atomic E-state index is 0.0638. The molecule has 1 aliphatic rings. The molecule has 20 heavy (non-hydrogen) atoms. The second kappa shape index (κ2) is 5.79. The Morgan fingerprint density at radius 2 is 2.25 bits per heavy atom. The second-order valence-electron chi connectivity index (χ2n) is 4.85. The molecule has 0 aliphatic carbocycles. The highest BCUT2D eigenvalue weighted by molar-refractivity contribution is 5.79. The lowest BCUT2D eigenvalue weighted by molar-refractivity contribution is -0.121. The van der Waals surface area contributed by atoms with E-state index in [4.69, 9.17) is 0 Å². The second-order valence-corrected chi connectivity index (χ2v) is 4.85. The SMILES string of the molecule is O=C(Cc1ccc(-n2cnnn2)cc1)NC1CCNC1. The molecule has 3 rings (SSSR count). The average Bonchev–Trinajstić information content (AvgIpc) is 3.12. The normalized spacial score (nSPS) is 18.1. The van der Waals surface area contributed by atoms with Gasteiger partial charge in [0.15, 0.2) is 0 Å². The third kappa shape index (κ3) is 3.00. The fourth-order valence-corrected chi connectivity index (χ4v) is 2.29. The smallest absolute Gasteiger partial charge is 0.224 e. The van der Waals surface area contributed by atoms with E-state index < -0.39 is 0 Å². The van der Waals surface area contributed by atoms with E-state index >= 15 is 0 Å². The molecule has 0 bridgehead atoms. The number of tetrazole rings is 1. The zero-order chi connectivity index (χ0) is 13.8. The summed E-state index contributed by atoms with van der Waals surface area (Å²) >= 11 is 0. The topological polar surface area (TPSA) is 84.7 Å². The zero-order valence-corrected chi connectivity index (χ0v) is 11.0. The van der Waals surface area contributed by atoms with Gasteiger partial charge in [-0.05, 0) is 41.1 Å². The molecule has 2 aromatic rings. The van der Waals surface area contributed by atoms with Gasteiger partial charge in [-0.3, -0.25) is 4.79 Å². The monoisotopic (exact) mass is 272 g/mol. The van der Waals surface area contributed by atoms with Crippen molar-refractivity contribution < 1.29 is 4.79 Å². The Balaban J connectivity index is 1.59. The summed E-state index contributed by atoms with van der Waals surface area (Å²) in [5.41, 5.74) is 1.85. The molecule has 2 N–H and O–H groups in total. The van der Waals surface area contributed by atoms with Crippen LogP contribution in [0.15, 0.2) is 30.6 Å². The van der Waals surface area contributed by atoms with Gasteiger partial charge in [0.2, 0.25) is 5.91 Å². The molecule has 1 saturated heterocycles. The fraction of sp³-hybridized carbons (Fsp3) is 0.385. The summed E-state index contributed by atoms with van der Waals surface area (Å²) < 4.78 is 1.58. The van der Waals surface area contributed by atoms with Crippen LogP contribution < -0.4 is 10.6 Å². The van der Waals surface area contributed by atoms with Gasteiger partial charge in [-0.1, -0.05) is 12.1 Å². The van der Waals surface area contributed by atoms with E-state index in [0.717, 1.165) is 30.8 Å². The highest BCUT2D eigenvalue weighted by atomic mass is 16.1. The number of aromatic nitrogens is 4. The highest BCUT2D eigenvalue weighted by Gasteiger charge is 2.16. The van der Waals surface area contributed by atoms with Crippen LogP contribution in [-0.4, -0.2) is 45.2 Å². The van der Waals surface area contributed by atoms with E-state index in [1.807, 2.05) is 24.3 Å². The van der Waals surface area contributed by atoms with E-state index in [9.17, 15) is 4.79 Å². The minimum absolute atomic E-state index is 0.0638. The molecule has 7 heteroatoms. The summed E-state index contributed by atoms with van der Waals surface area (Å²) in [6, 6.07) is 7.90. The molecule has 2 heterocycles. The van der Waals surface area contributed by atoms with Crippen molar-refractivity contribution >= 4 is 5.91 Å². The maximum Gasteiger partial charge on any atom is 0.224 e. The maximum absolute atomic E-state index is 11.9. The van der Waals surface area contributed by atoms with Crippen molar-refractivity contribution in [2.45, 2.75) is 18.9 Å². The Morgan fingerprint density at radius 1 is 1.40 bits per heavy atom. The molecule has 1 atom stereocenters. The number of benzene rings is 1. The van der Waals surface area contributed by atoms with Crippen LogP contribution in [0.5, 0.6) is 0 Å². The Morgan fingerprint density at radius 3 is 2.90 bits per heavy atom. The molecular weight excluding hydrogens is 256 g/mol. The maximum atomic E-state index is 11.9. The van der Waals surface area contributed by atoms with Crippen LogP contribution in [-0.2, 0) is 11.2 Å². The number of amides is 1. The lowest BCUT2D eigenvalue weighted by Gasteiger charge is -2.11. The summed E-state index contributed by atoms with van der Waals surface area (Å²) in [5.74, 6) is 0.0638. The molecule has 0 spiro atoms. The van der Waals surface area contributed by atoms with Crippen LogP contribution in [0.1, 0.15) is 12.0 Å². The van der Waals surface area contributed by atoms with Crippen LogP contribution in [0, 0.1) is 0 Å². The van der Waals surface area contributed by atoms with Gasteiger partial charge in [0.1, 0.15) is 6.33 Å². The number of hydrogen-bond acceptors (Lipinski definition) is 5. The van der Waals surface area contributed by atoms with Crippen molar-refractivity contribution in [3.63, 3.8) is 0 Å². The first kappa shape index (κ1) is 12.7. The quantitative estimate of drug-likeness (QED) is 0.797. The third-order valence-electron chi connectivity index (χ3n) is 3.34. The van der Waals surface area contributed by atoms with Gasteiger partial charge in [0.05, 0.1) is 12.1 Å². The van der Waals surface area contributed by atoms with Gasteiger partial charge in [0.25, 0.3) is 0 Å². The number of nitrogens with zero attached hydrogens (tertiary/aromatic N) is 4. The summed E-state index contributed by atoms with van der Waals surface area (Å²) in [6.45, 7) is 1.84. The Bertz CT molecular complexity index is 559. The number of carbonyl (C=O) groups excluding carboxylic acids is 1. The first-order valence-electron chi connectivity index (χ1n) is 6.63. The van der Waals surface area contributed by atoms with Gasteiger partial charge in [-0.2, -0.15) is 0 Å². The van der Waals surface area contributed by atoms with Crippen molar-refractivity contribution in [2.75, 3.05) is 13.1 Å². The van der Waals surface area contributed by atoms with Crippen LogP contribution in [0.4, 0.5) is 0 Å².